The second-order valence-corrected chi connectivity index (χ2v) is 7.90. The number of nitrogens with zero attached hydrogens (tertiary/aromatic N) is 2. The van der Waals surface area contributed by atoms with E-state index >= 15 is 0 Å². The standard InChI is InChI=1S/C23H24FN3O5/c1-14(25-21(28)19-20(32-19)23(30)31)15-6-8-16(9-7-15)22(29)27-12-10-26(11-13-27)18-5-3-2-4-17(18)24/h2-9,14,19-20H,10-13H2,1H3,(H,25,28)(H,30,31)/t14-,19-,20-/m0/s1. The second-order valence-electron chi connectivity index (χ2n) is 7.90. The van der Waals surface area contributed by atoms with Crippen LogP contribution in [-0.2, 0) is 14.3 Å². The van der Waals surface area contributed by atoms with Gasteiger partial charge in [0, 0.05) is 31.7 Å². The molecular formula is C23H24FN3O5. The molecule has 32 heavy (non-hydrogen) atoms. The predicted octanol–water partition coefficient (Wildman–Crippen LogP) is 1.82. The number of piperazine rings is 1. The monoisotopic (exact) mass is 441 g/mol. The van der Waals surface area contributed by atoms with E-state index < -0.39 is 24.1 Å². The number of nitrogens with one attached hydrogen (secondary N) is 1. The highest BCUT2D eigenvalue weighted by molar-refractivity contribution is 5.94. The summed E-state index contributed by atoms with van der Waals surface area (Å²) < 4.78 is 18.8. The topological polar surface area (TPSA) is 102 Å². The van der Waals surface area contributed by atoms with Gasteiger partial charge in [0.1, 0.15) is 5.82 Å². The number of aliphatic carboxylic acids is 1. The van der Waals surface area contributed by atoms with Crippen molar-refractivity contribution in [2.75, 3.05) is 31.1 Å². The van der Waals surface area contributed by atoms with Crippen molar-refractivity contribution in [3.8, 4) is 0 Å². The van der Waals surface area contributed by atoms with Gasteiger partial charge in [0.25, 0.3) is 11.8 Å². The summed E-state index contributed by atoms with van der Waals surface area (Å²) in [5.41, 5.74) is 1.86. The van der Waals surface area contributed by atoms with Gasteiger partial charge >= 0.3 is 5.97 Å². The van der Waals surface area contributed by atoms with Crippen LogP contribution in [-0.4, -0.2) is 66.2 Å². The number of para-hydroxylation sites is 1. The zero-order valence-electron chi connectivity index (χ0n) is 17.5. The van der Waals surface area contributed by atoms with Crippen LogP contribution in [0.1, 0.15) is 28.9 Å². The number of halogens is 1. The minimum absolute atomic E-state index is 0.0999. The minimum atomic E-state index is -1.16. The van der Waals surface area contributed by atoms with Crippen molar-refractivity contribution in [2.24, 2.45) is 0 Å². The Labute approximate surface area is 184 Å². The number of ether oxygens (including phenoxy) is 1. The number of hydrogen-bond acceptors (Lipinski definition) is 5. The number of carboxylic acids is 1. The maximum atomic E-state index is 14.0. The number of carbonyl (C=O) groups excluding carboxylic acids is 2. The van der Waals surface area contributed by atoms with Gasteiger partial charge in [0.2, 0.25) is 0 Å². The lowest BCUT2D eigenvalue weighted by Gasteiger charge is -2.36. The third kappa shape index (κ3) is 4.57. The number of rotatable bonds is 6. The van der Waals surface area contributed by atoms with E-state index in [0.29, 0.717) is 37.4 Å². The van der Waals surface area contributed by atoms with Crippen LogP contribution < -0.4 is 10.2 Å². The summed E-state index contributed by atoms with van der Waals surface area (Å²) in [5, 5.41) is 11.6. The van der Waals surface area contributed by atoms with Gasteiger partial charge in [-0.2, -0.15) is 0 Å². The molecule has 0 aromatic heterocycles. The van der Waals surface area contributed by atoms with E-state index in [0.717, 1.165) is 5.56 Å². The molecule has 2 fully saturated rings. The van der Waals surface area contributed by atoms with E-state index in [4.69, 9.17) is 9.84 Å². The average Bonchev–Trinajstić information content (AvgIpc) is 3.61. The Morgan fingerprint density at radius 1 is 1.03 bits per heavy atom. The Morgan fingerprint density at radius 2 is 1.69 bits per heavy atom. The van der Waals surface area contributed by atoms with Crippen LogP contribution in [0.4, 0.5) is 10.1 Å². The van der Waals surface area contributed by atoms with E-state index in [-0.39, 0.29) is 17.8 Å². The molecule has 0 radical (unpaired) electrons. The summed E-state index contributed by atoms with van der Waals surface area (Å²) in [6, 6.07) is 13.2. The molecule has 9 heteroatoms. The van der Waals surface area contributed by atoms with Crippen LogP contribution in [0.15, 0.2) is 48.5 Å². The van der Waals surface area contributed by atoms with Crippen molar-refractivity contribution in [1.82, 2.24) is 10.2 Å². The molecule has 2 aliphatic rings. The molecule has 3 atom stereocenters. The molecule has 2 amide bonds. The van der Waals surface area contributed by atoms with Gasteiger partial charge in [0.15, 0.2) is 12.2 Å². The van der Waals surface area contributed by atoms with Gasteiger partial charge in [-0.15, -0.1) is 0 Å². The molecule has 2 aromatic carbocycles. The highest BCUT2D eigenvalue weighted by Gasteiger charge is 2.50. The molecule has 0 unspecified atom stereocenters. The summed E-state index contributed by atoms with van der Waals surface area (Å²) in [7, 11) is 0. The lowest BCUT2D eigenvalue weighted by atomic mass is 10.0. The molecule has 2 aromatic rings. The summed E-state index contributed by atoms with van der Waals surface area (Å²) >= 11 is 0. The van der Waals surface area contributed by atoms with E-state index in [1.807, 2.05) is 4.90 Å². The highest BCUT2D eigenvalue weighted by atomic mass is 19.1. The van der Waals surface area contributed by atoms with Crippen LogP contribution in [0.3, 0.4) is 0 Å². The van der Waals surface area contributed by atoms with E-state index in [1.165, 1.54) is 6.07 Å². The van der Waals surface area contributed by atoms with Gasteiger partial charge in [0.05, 0.1) is 11.7 Å². The molecule has 2 saturated heterocycles. The summed E-state index contributed by atoms with van der Waals surface area (Å²) in [6.45, 7) is 3.86. The molecule has 0 spiro atoms. The summed E-state index contributed by atoms with van der Waals surface area (Å²) in [4.78, 5) is 39.4. The Morgan fingerprint density at radius 3 is 2.28 bits per heavy atom. The largest absolute Gasteiger partial charge is 0.479 e. The zero-order valence-corrected chi connectivity index (χ0v) is 17.5. The van der Waals surface area contributed by atoms with Crippen LogP contribution in [0.2, 0.25) is 0 Å². The first kappa shape index (κ1) is 21.8. The Balaban J connectivity index is 1.31. The van der Waals surface area contributed by atoms with Gasteiger partial charge < -0.3 is 25.0 Å². The Hall–Kier alpha value is -3.46. The van der Waals surface area contributed by atoms with Crippen molar-refractivity contribution in [3.63, 3.8) is 0 Å². The van der Waals surface area contributed by atoms with Gasteiger partial charge in [-0.1, -0.05) is 24.3 Å². The Bertz CT molecular complexity index is 1020. The number of benzene rings is 2. The number of epoxide rings is 1. The molecule has 168 valence electrons. The molecule has 0 aliphatic carbocycles. The number of amides is 2. The maximum absolute atomic E-state index is 14.0. The normalized spacial score (nSPS) is 21.1. The minimum Gasteiger partial charge on any atom is -0.479 e. The molecule has 8 nitrogen and oxygen atoms in total. The maximum Gasteiger partial charge on any atom is 0.336 e. The first-order valence-electron chi connectivity index (χ1n) is 10.4. The fraction of sp³-hybridized carbons (Fsp3) is 0.348. The van der Waals surface area contributed by atoms with E-state index in [1.54, 1.807) is 54.3 Å². The van der Waals surface area contributed by atoms with Crippen molar-refractivity contribution in [1.29, 1.82) is 0 Å². The number of carbonyl (C=O) groups is 3. The molecule has 2 N–H and O–H groups in total. The second kappa shape index (κ2) is 8.96. The molecule has 2 heterocycles. The molecule has 2 aliphatic heterocycles. The molecule has 0 bridgehead atoms. The van der Waals surface area contributed by atoms with E-state index in [9.17, 15) is 18.8 Å². The van der Waals surface area contributed by atoms with Gasteiger partial charge in [-0.25, -0.2) is 9.18 Å². The third-order valence-corrected chi connectivity index (χ3v) is 5.77. The van der Waals surface area contributed by atoms with Crippen LogP contribution in [0, 0.1) is 5.82 Å². The number of hydrogen-bond donors (Lipinski definition) is 2. The first-order chi connectivity index (χ1) is 15.3. The van der Waals surface area contributed by atoms with Crippen molar-refractivity contribution >= 4 is 23.5 Å². The van der Waals surface area contributed by atoms with E-state index in [2.05, 4.69) is 5.32 Å². The first-order valence-corrected chi connectivity index (χ1v) is 10.4. The van der Waals surface area contributed by atoms with Crippen LogP contribution in [0.25, 0.3) is 0 Å². The highest BCUT2D eigenvalue weighted by Crippen LogP contribution is 2.24. The smallest absolute Gasteiger partial charge is 0.336 e. The fourth-order valence-electron chi connectivity index (χ4n) is 3.83. The van der Waals surface area contributed by atoms with Gasteiger partial charge in [-0.3, -0.25) is 9.59 Å². The van der Waals surface area contributed by atoms with Crippen molar-refractivity contribution < 1.29 is 28.6 Å². The van der Waals surface area contributed by atoms with Gasteiger partial charge in [-0.05, 0) is 36.8 Å². The summed E-state index contributed by atoms with van der Waals surface area (Å²) in [6.07, 6.45) is -2.04. The van der Waals surface area contributed by atoms with Crippen molar-refractivity contribution in [2.45, 2.75) is 25.2 Å². The molecular weight excluding hydrogens is 417 g/mol. The lowest BCUT2D eigenvalue weighted by molar-refractivity contribution is -0.138. The Kier molecular flexibility index (Phi) is 6.09. The SMILES string of the molecule is C[C@H](NC(=O)[C@H]1O[C@@H]1C(=O)O)c1ccc(C(=O)N2CCN(c3ccccc3F)CC2)cc1. The zero-order chi connectivity index (χ0) is 22.8. The fourth-order valence-corrected chi connectivity index (χ4v) is 3.83. The molecule has 0 saturated carbocycles. The average molecular weight is 441 g/mol. The summed E-state index contributed by atoms with van der Waals surface area (Å²) in [5.74, 6) is -2.00. The van der Waals surface area contributed by atoms with Crippen LogP contribution >= 0.6 is 0 Å². The number of anilines is 1. The lowest BCUT2D eigenvalue weighted by Crippen LogP contribution is -2.49. The van der Waals surface area contributed by atoms with Crippen molar-refractivity contribution in [3.05, 3.63) is 65.5 Å². The molecule has 4 rings (SSSR count). The quantitative estimate of drug-likeness (QED) is 0.663. The van der Waals surface area contributed by atoms with Crippen LogP contribution in [0.5, 0.6) is 0 Å². The third-order valence-electron chi connectivity index (χ3n) is 5.77. The predicted molar refractivity (Wildman–Crippen MR) is 114 cm³/mol. The number of carboxylic acid groups (broad SMARTS) is 1.